The highest BCUT2D eigenvalue weighted by Crippen LogP contribution is 2.36. The summed E-state index contributed by atoms with van der Waals surface area (Å²) in [6.07, 6.45) is -5.65. The first kappa shape index (κ1) is 21.8. The van der Waals surface area contributed by atoms with Gasteiger partial charge >= 0.3 is 12.4 Å². The minimum Gasteiger partial charge on any atom is -0.467 e. The number of aromatic nitrogens is 2. The predicted octanol–water partition coefficient (Wildman–Crippen LogP) is 5.91. The van der Waals surface area contributed by atoms with Gasteiger partial charge in [-0.3, -0.25) is 0 Å². The highest BCUT2D eigenvalue weighted by molar-refractivity contribution is 5.59. The molecule has 0 fully saturated rings. The molecule has 0 aliphatic carbocycles. The Morgan fingerprint density at radius 1 is 1.04 bits per heavy atom. The smallest absolute Gasteiger partial charge is 0.423 e. The van der Waals surface area contributed by atoms with Crippen LogP contribution in [0, 0.1) is 0 Å². The van der Waals surface area contributed by atoms with Crippen LogP contribution in [-0.2, 0) is 12.6 Å². The number of para-hydroxylation sites is 1. The third-order valence-corrected chi connectivity index (χ3v) is 3.75. The van der Waals surface area contributed by atoms with Gasteiger partial charge in [0.2, 0.25) is 11.8 Å². The fraction of sp³-hybridized carbons (Fsp3) is 0.444. The van der Waals surface area contributed by atoms with Crippen LogP contribution in [0.3, 0.4) is 0 Å². The number of anilines is 2. The number of hydrogen-bond acceptors (Lipinski definition) is 4. The first-order chi connectivity index (χ1) is 13.1. The molecule has 4 nitrogen and oxygen atoms in total. The summed E-state index contributed by atoms with van der Waals surface area (Å²) in [5.74, 6) is -1.46. The van der Waals surface area contributed by atoms with E-state index < -0.39 is 30.4 Å². The van der Waals surface area contributed by atoms with Crippen molar-refractivity contribution in [1.82, 2.24) is 9.97 Å². The van der Waals surface area contributed by atoms with Gasteiger partial charge in [0, 0.05) is 11.9 Å². The summed E-state index contributed by atoms with van der Waals surface area (Å²) < 4.78 is 80.3. The molecule has 1 aromatic heterocycles. The van der Waals surface area contributed by atoms with Crippen molar-refractivity contribution in [2.45, 2.75) is 45.0 Å². The SMILES string of the molecule is CCCCCc1ccccc1Nc1ncc(C(F)(F)F)c(OCC(F)(F)F)n1. The normalized spacial score (nSPS) is 12.1. The highest BCUT2D eigenvalue weighted by atomic mass is 19.4. The second kappa shape index (κ2) is 9.11. The average molecular weight is 407 g/mol. The summed E-state index contributed by atoms with van der Waals surface area (Å²) in [5, 5.41) is 2.76. The van der Waals surface area contributed by atoms with Gasteiger partial charge in [-0.25, -0.2) is 4.98 Å². The van der Waals surface area contributed by atoms with E-state index in [9.17, 15) is 26.3 Å². The maximum atomic E-state index is 13.0. The maximum Gasteiger partial charge on any atom is 0.423 e. The van der Waals surface area contributed by atoms with E-state index in [2.05, 4.69) is 26.9 Å². The minimum atomic E-state index is -4.95. The lowest BCUT2D eigenvalue weighted by molar-refractivity contribution is -0.159. The third kappa shape index (κ3) is 6.58. The van der Waals surface area contributed by atoms with E-state index in [1.165, 1.54) is 0 Å². The van der Waals surface area contributed by atoms with Crippen LogP contribution in [0.2, 0.25) is 0 Å². The van der Waals surface area contributed by atoms with Gasteiger partial charge in [-0.1, -0.05) is 38.0 Å². The van der Waals surface area contributed by atoms with Crippen LogP contribution in [-0.4, -0.2) is 22.8 Å². The number of aryl methyl sites for hydroxylation is 1. The van der Waals surface area contributed by atoms with Crippen LogP contribution < -0.4 is 10.1 Å². The molecule has 0 unspecified atom stereocenters. The number of rotatable bonds is 8. The summed E-state index contributed by atoms with van der Waals surface area (Å²) in [5.41, 5.74) is -0.00382. The average Bonchev–Trinajstić information content (AvgIpc) is 2.60. The standard InChI is InChI=1S/C18H19F6N3O/c1-2-3-4-7-12-8-5-6-9-14(12)26-16-25-10-13(18(22,23)24)15(27-16)28-11-17(19,20)21/h5-6,8-10H,2-4,7,11H2,1H3,(H,25,26,27). The Balaban J connectivity index is 2.27. The van der Waals surface area contributed by atoms with Crippen LogP contribution in [0.15, 0.2) is 30.5 Å². The van der Waals surface area contributed by atoms with E-state index in [-0.39, 0.29) is 5.95 Å². The van der Waals surface area contributed by atoms with Crippen molar-refractivity contribution < 1.29 is 31.1 Å². The molecule has 10 heteroatoms. The van der Waals surface area contributed by atoms with Crippen molar-refractivity contribution in [3.05, 3.63) is 41.6 Å². The number of hydrogen-bond donors (Lipinski definition) is 1. The van der Waals surface area contributed by atoms with Crippen molar-refractivity contribution in [3.63, 3.8) is 0 Å². The molecule has 1 N–H and O–H groups in total. The number of nitrogens with one attached hydrogen (secondary N) is 1. The number of ether oxygens (including phenoxy) is 1. The van der Waals surface area contributed by atoms with Crippen LogP contribution >= 0.6 is 0 Å². The van der Waals surface area contributed by atoms with E-state index in [1.807, 2.05) is 12.1 Å². The predicted molar refractivity (Wildman–Crippen MR) is 91.5 cm³/mol. The Hall–Kier alpha value is -2.52. The molecule has 0 bridgehead atoms. The second-order valence-electron chi connectivity index (χ2n) is 6.05. The van der Waals surface area contributed by atoms with Gasteiger partial charge in [0.25, 0.3) is 0 Å². The van der Waals surface area contributed by atoms with E-state index >= 15 is 0 Å². The molecule has 1 heterocycles. The maximum absolute atomic E-state index is 13.0. The molecule has 0 amide bonds. The number of nitrogens with zero attached hydrogens (tertiary/aromatic N) is 2. The van der Waals surface area contributed by atoms with Gasteiger partial charge in [-0.05, 0) is 24.5 Å². The summed E-state index contributed by atoms with van der Waals surface area (Å²) in [6.45, 7) is 0.169. The summed E-state index contributed by atoms with van der Waals surface area (Å²) in [6, 6.07) is 7.08. The van der Waals surface area contributed by atoms with Gasteiger partial charge in [-0.15, -0.1) is 0 Å². The fourth-order valence-electron chi connectivity index (χ4n) is 2.43. The van der Waals surface area contributed by atoms with Gasteiger partial charge in [0.05, 0.1) is 0 Å². The number of halogens is 6. The third-order valence-electron chi connectivity index (χ3n) is 3.75. The molecule has 2 rings (SSSR count). The zero-order valence-corrected chi connectivity index (χ0v) is 15.0. The molecule has 154 valence electrons. The Bertz CT molecular complexity index is 777. The van der Waals surface area contributed by atoms with Crippen molar-refractivity contribution >= 4 is 11.6 Å². The Morgan fingerprint density at radius 2 is 1.75 bits per heavy atom. The Morgan fingerprint density at radius 3 is 2.39 bits per heavy atom. The van der Waals surface area contributed by atoms with E-state index in [1.54, 1.807) is 12.1 Å². The number of alkyl halides is 6. The topological polar surface area (TPSA) is 47.0 Å². The molecule has 0 aliphatic rings. The molecule has 0 spiro atoms. The quantitative estimate of drug-likeness (QED) is 0.436. The van der Waals surface area contributed by atoms with Crippen molar-refractivity contribution in [1.29, 1.82) is 0 Å². The van der Waals surface area contributed by atoms with E-state index in [0.717, 1.165) is 31.2 Å². The largest absolute Gasteiger partial charge is 0.467 e. The van der Waals surface area contributed by atoms with Crippen molar-refractivity contribution in [3.8, 4) is 5.88 Å². The second-order valence-corrected chi connectivity index (χ2v) is 6.05. The number of benzene rings is 1. The van der Waals surface area contributed by atoms with Crippen molar-refractivity contribution in [2.24, 2.45) is 0 Å². The molecule has 0 atom stereocenters. The molecule has 1 aromatic carbocycles. The fourth-order valence-corrected chi connectivity index (χ4v) is 2.43. The van der Waals surface area contributed by atoms with Gasteiger partial charge in [-0.2, -0.15) is 31.3 Å². The molecule has 28 heavy (non-hydrogen) atoms. The molecular weight excluding hydrogens is 388 g/mol. The molecule has 0 saturated carbocycles. The zero-order valence-electron chi connectivity index (χ0n) is 15.0. The zero-order chi connectivity index (χ0) is 20.8. The van der Waals surface area contributed by atoms with E-state index in [0.29, 0.717) is 11.9 Å². The monoisotopic (exact) mass is 407 g/mol. The summed E-state index contributed by atoms with van der Waals surface area (Å²) in [7, 11) is 0. The molecule has 0 radical (unpaired) electrons. The van der Waals surface area contributed by atoms with Gasteiger partial charge < -0.3 is 10.1 Å². The first-order valence-corrected chi connectivity index (χ1v) is 8.59. The van der Waals surface area contributed by atoms with Crippen LogP contribution in [0.1, 0.15) is 37.3 Å². The van der Waals surface area contributed by atoms with Gasteiger partial charge in [0.1, 0.15) is 5.56 Å². The lowest BCUT2D eigenvalue weighted by atomic mass is 10.1. The summed E-state index contributed by atoms with van der Waals surface area (Å²) in [4.78, 5) is 7.09. The molecule has 0 aliphatic heterocycles. The lowest BCUT2D eigenvalue weighted by Crippen LogP contribution is -2.22. The van der Waals surface area contributed by atoms with Gasteiger partial charge in [0.15, 0.2) is 6.61 Å². The molecular formula is C18H19F6N3O. The van der Waals surface area contributed by atoms with Crippen LogP contribution in [0.5, 0.6) is 5.88 Å². The highest BCUT2D eigenvalue weighted by Gasteiger charge is 2.38. The Labute approximate surface area is 158 Å². The van der Waals surface area contributed by atoms with Crippen LogP contribution in [0.4, 0.5) is 38.0 Å². The van der Waals surface area contributed by atoms with Crippen LogP contribution in [0.25, 0.3) is 0 Å². The Kier molecular flexibility index (Phi) is 7.09. The first-order valence-electron chi connectivity index (χ1n) is 8.59. The van der Waals surface area contributed by atoms with E-state index in [4.69, 9.17) is 0 Å². The summed E-state index contributed by atoms with van der Waals surface area (Å²) >= 11 is 0. The minimum absolute atomic E-state index is 0.284. The van der Waals surface area contributed by atoms with Crippen molar-refractivity contribution in [2.75, 3.05) is 11.9 Å². The molecule has 2 aromatic rings. The lowest BCUT2D eigenvalue weighted by Gasteiger charge is -2.16. The molecule has 0 saturated heterocycles. The number of unbranched alkanes of at least 4 members (excludes halogenated alkanes) is 2.